The maximum atomic E-state index is 12.9. The number of benzene rings is 2. The van der Waals surface area contributed by atoms with Gasteiger partial charge in [0.1, 0.15) is 5.75 Å². The van der Waals surface area contributed by atoms with Gasteiger partial charge in [-0.25, -0.2) is 0 Å². The quantitative estimate of drug-likeness (QED) is 0.666. The average Bonchev–Trinajstić information content (AvgIpc) is 3.41. The number of nitrogens with one attached hydrogen (secondary N) is 1. The Hall–Kier alpha value is -2.86. The van der Waals surface area contributed by atoms with Crippen molar-refractivity contribution in [1.29, 1.82) is 0 Å². The Morgan fingerprint density at radius 3 is 2.70 bits per heavy atom. The molecular formula is C24H28N2O4. The molecule has 0 unspecified atom stereocenters. The Morgan fingerprint density at radius 2 is 1.97 bits per heavy atom. The van der Waals surface area contributed by atoms with Gasteiger partial charge in [0.15, 0.2) is 0 Å². The van der Waals surface area contributed by atoms with Gasteiger partial charge in [-0.05, 0) is 60.6 Å². The molecule has 0 atom stereocenters. The second kappa shape index (κ2) is 8.48. The van der Waals surface area contributed by atoms with E-state index in [0.717, 1.165) is 41.8 Å². The van der Waals surface area contributed by atoms with E-state index in [1.54, 1.807) is 7.11 Å². The number of anilines is 1. The van der Waals surface area contributed by atoms with Crippen molar-refractivity contribution >= 4 is 17.6 Å². The number of aliphatic carboxylic acids is 1. The number of carbonyl (C=O) groups excluding carboxylic acids is 1. The summed E-state index contributed by atoms with van der Waals surface area (Å²) in [6.07, 6.45) is 3.97. The first-order chi connectivity index (χ1) is 14.5. The van der Waals surface area contributed by atoms with Crippen LogP contribution in [0.3, 0.4) is 0 Å². The van der Waals surface area contributed by atoms with Crippen molar-refractivity contribution in [3.8, 4) is 5.75 Å². The van der Waals surface area contributed by atoms with Crippen LogP contribution in [0.2, 0.25) is 0 Å². The highest BCUT2D eigenvalue weighted by Gasteiger charge is 2.44. The molecule has 2 N–H and O–H groups in total. The van der Waals surface area contributed by atoms with E-state index in [1.807, 2.05) is 35.2 Å². The molecule has 0 spiro atoms. The number of carbonyl (C=O) groups is 2. The summed E-state index contributed by atoms with van der Waals surface area (Å²) in [6.45, 7) is 1.29. The molecule has 1 saturated carbocycles. The number of hydrogen-bond donors (Lipinski definition) is 2. The summed E-state index contributed by atoms with van der Waals surface area (Å²) in [7, 11) is 1.67. The summed E-state index contributed by atoms with van der Waals surface area (Å²) >= 11 is 0. The fraction of sp³-hybridized carbons (Fsp3) is 0.417. The lowest BCUT2D eigenvalue weighted by molar-refractivity contribution is -0.137. The standard InChI is InChI=1S/C24H28N2O4/c1-30-19-6-3-5-18(16-19)24(12-13-24)25-14-10-22(27)26-15-11-20-17(8-9-23(28)29)4-2-7-21(20)26/h2-7,16,25H,8-15H2,1H3,(H,28,29). The molecule has 158 valence electrons. The third kappa shape index (κ3) is 4.19. The number of aryl methyl sites for hydroxylation is 1. The number of nitrogens with zero attached hydrogens (tertiary/aromatic N) is 1. The minimum absolute atomic E-state index is 0.0399. The topological polar surface area (TPSA) is 78.9 Å². The summed E-state index contributed by atoms with van der Waals surface area (Å²) in [5.74, 6) is 0.164. The SMILES string of the molecule is COc1cccc(C2(NCCC(=O)N3CCc4c(CCC(=O)O)cccc43)CC2)c1. The molecule has 0 saturated heterocycles. The molecule has 0 radical (unpaired) electrons. The predicted octanol–water partition coefficient (Wildman–Crippen LogP) is 3.27. The van der Waals surface area contributed by atoms with Crippen LogP contribution in [0.5, 0.6) is 5.75 Å². The van der Waals surface area contributed by atoms with Gasteiger partial charge < -0.3 is 20.1 Å². The second-order valence-electron chi connectivity index (χ2n) is 8.09. The lowest BCUT2D eigenvalue weighted by Gasteiger charge is -2.21. The summed E-state index contributed by atoms with van der Waals surface area (Å²) in [4.78, 5) is 25.7. The maximum Gasteiger partial charge on any atom is 0.303 e. The molecule has 2 aromatic carbocycles. The van der Waals surface area contributed by atoms with E-state index in [-0.39, 0.29) is 17.9 Å². The van der Waals surface area contributed by atoms with E-state index in [2.05, 4.69) is 17.4 Å². The van der Waals surface area contributed by atoms with Crippen molar-refractivity contribution in [2.45, 2.75) is 44.1 Å². The Labute approximate surface area is 176 Å². The van der Waals surface area contributed by atoms with E-state index in [4.69, 9.17) is 9.84 Å². The zero-order valence-corrected chi connectivity index (χ0v) is 17.3. The van der Waals surface area contributed by atoms with Crippen LogP contribution in [0.1, 0.15) is 42.4 Å². The fourth-order valence-corrected chi connectivity index (χ4v) is 4.40. The smallest absolute Gasteiger partial charge is 0.303 e. The molecule has 6 heteroatoms. The van der Waals surface area contributed by atoms with Crippen LogP contribution in [0.15, 0.2) is 42.5 Å². The van der Waals surface area contributed by atoms with E-state index < -0.39 is 5.97 Å². The number of rotatable bonds is 9. The Morgan fingerprint density at radius 1 is 1.17 bits per heavy atom. The number of carboxylic acids is 1. The van der Waals surface area contributed by atoms with Crippen LogP contribution in [-0.4, -0.2) is 37.2 Å². The molecule has 30 heavy (non-hydrogen) atoms. The van der Waals surface area contributed by atoms with Crippen molar-refractivity contribution in [3.05, 3.63) is 59.2 Å². The molecule has 1 amide bonds. The van der Waals surface area contributed by atoms with Gasteiger partial charge in [-0.1, -0.05) is 24.3 Å². The van der Waals surface area contributed by atoms with Crippen molar-refractivity contribution in [3.63, 3.8) is 0 Å². The van der Waals surface area contributed by atoms with Crippen molar-refractivity contribution < 1.29 is 19.4 Å². The molecule has 4 rings (SSSR count). The fourth-order valence-electron chi connectivity index (χ4n) is 4.40. The number of methoxy groups -OCH3 is 1. The normalized spacial score (nSPS) is 16.2. The zero-order chi connectivity index (χ0) is 21.1. The highest BCUT2D eigenvalue weighted by Crippen LogP contribution is 2.46. The van der Waals surface area contributed by atoms with Crippen molar-refractivity contribution in [1.82, 2.24) is 5.32 Å². The third-order valence-electron chi connectivity index (χ3n) is 6.21. The first-order valence-electron chi connectivity index (χ1n) is 10.5. The Kier molecular flexibility index (Phi) is 5.77. The molecule has 2 aliphatic rings. The lowest BCUT2D eigenvalue weighted by atomic mass is 10.0. The number of carboxylic acid groups (broad SMARTS) is 1. The van der Waals surface area contributed by atoms with Crippen LogP contribution >= 0.6 is 0 Å². The zero-order valence-electron chi connectivity index (χ0n) is 17.3. The Bertz CT molecular complexity index is 952. The number of hydrogen-bond acceptors (Lipinski definition) is 4. The van der Waals surface area contributed by atoms with Gasteiger partial charge in [0.25, 0.3) is 0 Å². The summed E-state index contributed by atoms with van der Waals surface area (Å²) < 4.78 is 5.34. The molecule has 1 aliphatic carbocycles. The van der Waals surface area contributed by atoms with Gasteiger partial charge >= 0.3 is 5.97 Å². The third-order valence-corrected chi connectivity index (χ3v) is 6.21. The molecule has 0 aromatic heterocycles. The van der Waals surface area contributed by atoms with Gasteiger partial charge in [0, 0.05) is 37.2 Å². The van der Waals surface area contributed by atoms with Gasteiger partial charge in [-0.3, -0.25) is 9.59 Å². The first kappa shape index (κ1) is 20.4. The molecule has 0 bridgehead atoms. The number of amides is 1. The molecule has 6 nitrogen and oxygen atoms in total. The number of ether oxygens (including phenoxy) is 1. The maximum absolute atomic E-state index is 12.9. The predicted molar refractivity (Wildman–Crippen MR) is 115 cm³/mol. The monoisotopic (exact) mass is 408 g/mol. The van der Waals surface area contributed by atoms with Crippen LogP contribution in [-0.2, 0) is 28.0 Å². The summed E-state index contributed by atoms with van der Waals surface area (Å²) in [5.41, 5.74) is 4.27. The van der Waals surface area contributed by atoms with E-state index >= 15 is 0 Å². The van der Waals surface area contributed by atoms with E-state index in [9.17, 15) is 9.59 Å². The van der Waals surface area contributed by atoms with Crippen molar-refractivity contribution in [2.75, 3.05) is 25.1 Å². The summed E-state index contributed by atoms with van der Waals surface area (Å²) in [5, 5.41) is 12.6. The van der Waals surface area contributed by atoms with Crippen LogP contribution in [0, 0.1) is 0 Å². The Balaban J connectivity index is 1.36. The lowest BCUT2D eigenvalue weighted by Crippen LogP contribution is -2.35. The number of fused-ring (bicyclic) bond motifs is 1. The highest BCUT2D eigenvalue weighted by atomic mass is 16.5. The van der Waals surface area contributed by atoms with Gasteiger partial charge in [-0.2, -0.15) is 0 Å². The average molecular weight is 408 g/mol. The van der Waals surface area contributed by atoms with E-state index in [1.165, 1.54) is 5.56 Å². The molecular weight excluding hydrogens is 380 g/mol. The van der Waals surface area contributed by atoms with Crippen LogP contribution < -0.4 is 15.0 Å². The largest absolute Gasteiger partial charge is 0.497 e. The minimum atomic E-state index is -0.797. The van der Waals surface area contributed by atoms with Gasteiger partial charge in [-0.15, -0.1) is 0 Å². The van der Waals surface area contributed by atoms with Gasteiger partial charge in [0.2, 0.25) is 5.91 Å². The first-order valence-corrected chi connectivity index (χ1v) is 10.5. The minimum Gasteiger partial charge on any atom is -0.497 e. The van der Waals surface area contributed by atoms with Crippen LogP contribution in [0.25, 0.3) is 0 Å². The van der Waals surface area contributed by atoms with Crippen molar-refractivity contribution in [2.24, 2.45) is 0 Å². The second-order valence-corrected chi connectivity index (χ2v) is 8.09. The molecule has 2 aromatic rings. The summed E-state index contributed by atoms with van der Waals surface area (Å²) in [6, 6.07) is 14.0. The molecule has 1 heterocycles. The molecule has 1 aliphatic heterocycles. The highest BCUT2D eigenvalue weighted by molar-refractivity contribution is 5.95. The van der Waals surface area contributed by atoms with E-state index in [0.29, 0.717) is 25.9 Å². The van der Waals surface area contributed by atoms with Crippen LogP contribution in [0.4, 0.5) is 5.69 Å². The van der Waals surface area contributed by atoms with Gasteiger partial charge in [0.05, 0.1) is 7.11 Å². The molecule has 1 fully saturated rings.